The first-order valence-corrected chi connectivity index (χ1v) is 14.5. The molecule has 2 fully saturated rings. The number of ether oxygens (including phenoxy) is 1. The minimum absolute atomic E-state index is 0.000368. The minimum atomic E-state index is 0.000368. The lowest BCUT2D eigenvalue weighted by Crippen LogP contribution is -2.30. The van der Waals surface area contributed by atoms with Crippen LogP contribution in [-0.4, -0.2) is 5.97 Å². The van der Waals surface area contributed by atoms with Gasteiger partial charge >= 0.3 is 5.97 Å². The maximum atomic E-state index is 12.8. The first-order valence-electron chi connectivity index (χ1n) is 14.5. The summed E-state index contributed by atoms with van der Waals surface area (Å²) in [5, 5.41) is 0. The molecule has 0 N–H and O–H groups in total. The molecule has 0 atom stereocenters. The average Bonchev–Trinajstić information content (AvgIpc) is 2.85. The van der Waals surface area contributed by atoms with Crippen molar-refractivity contribution in [3.63, 3.8) is 0 Å². The van der Waals surface area contributed by atoms with Crippen molar-refractivity contribution in [2.75, 3.05) is 0 Å². The third kappa shape index (κ3) is 9.10. The van der Waals surface area contributed by atoms with E-state index in [1.807, 2.05) is 12.1 Å². The molecule has 2 heteroatoms. The van der Waals surface area contributed by atoms with Crippen molar-refractivity contribution in [3.8, 4) is 5.75 Å². The Morgan fingerprint density at radius 1 is 0.727 bits per heavy atom. The molecule has 33 heavy (non-hydrogen) atoms. The van der Waals surface area contributed by atoms with Gasteiger partial charge in [-0.15, -0.1) is 0 Å². The maximum Gasteiger partial charge on any atom is 0.314 e. The van der Waals surface area contributed by atoms with Crippen molar-refractivity contribution in [2.24, 2.45) is 23.7 Å². The van der Waals surface area contributed by atoms with E-state index in [1.165, 1.54) is 102 Å². The van der Waals surface area contributed by atoms with Crippen LogP contribution >= 0.6 is 0 Å². The average molecular weight is 455 g/mol. The number of esters is 1. The van der Waals surface area contributed by atoms with Gasteiger partial charge in [0.15, 0.2) is 0 Å². The van der Waals surface area contributed by atoms with Crippen LogP contribution in [0.25, 0.3) is 0 Å². The molecule has 0 amide bonds. The van der Waals surface area contributed by atoms with Gasteiger partial charge in [0.05, 0.1) is 5.92 Å². The molecule has 3 rings (SSSR count). The molecule has 186 valence electrons. The van der Waals surface area contributed by atoms with Gasteiger partial charge in [-0.3, -0.25) is 4.79 Å². The van der Waals surface area contributed by atoms with E-state index in [-0.39, 0.29) is 11.9 Å². The molecule has 0 saturated heterocycles. The Balaban J connectivity index is 1.32. The number of unbranched alkanes of at least 4 members (excludes halogenated alkanes) is 6. The van der Waals surface area contributed by atoms with Crippen molar-refractivity contribution in [2.45, 2.75) is 129 Å². The summed E-state index contributed by atoms with van der Waals surface area (Å²) in [6.45, 7) is 4.56. The van der Waals surface area contributed by atoms with Crippen LogP contribution in [0.3, 0.4) is 0 Å². The number of carbonyl (C=O) groups is 1. The summed E-state index contributed by atoms with van der Waals surface area (Å²) in [6.07, 6.45) is 23.6. The summed E-state index contributed by atoms with van der Waals surface area (Å²) in [5.41, 5.74) is 1.35. The molecule has 2 nitrogen and oxygen atoms in total. The summed E-state index contributed by atoms with van der Waals surface area (Å²) >= 11 is 0. The van der Waals surface area contributed by atoms with Gasteiger partial charge < -0.3 is 4.74 Å². The highest BCUT2D eigenvalue weighted by atomic mass is 16.5. The Morgan fingerprint density at radius 2 is 1.30 bits per heavy atom. The number of hydrogen-bond acceptors (Lipinski definition) is 2. The smallest absolute Gasteiger partial charge is 0.314 e. The summed E-state index contributed by atoms with van der Waals surface area (Å²) in [4.78, 5) is 12.8. The van der Waals surface area contributed by atoms with Crippen molar-refractivity contribution >= 4 is 5.97 Å². The van der Waals surface area contributed by atoms with Gasteiger partial charge in [0.2, 0.25) is 0 Å². The van der Waals surface area contributed by atoms with Crippen LogP contribution in [0.1, 0.15) is 129 Å². The molecular formula is C31H50O2. The van der Waals surface area contributed by atoms with Crippen molar-refractivity contribution in [1.29, 1.82) is 0 Å². The van der Waals surface area contributed by atoms with E-state index in [9.17, 15) is 4.79 Å². The number of rotatable bonds is 13. The van der Waals surface area contributed by atoms with Crippen LogP contribution in [0.15, 0.2) is 24.3 Å². The second kappa shape index (κ2) is 14.8. The second-order valence-electron chi connectivity index (χ2n) is 11.1. The van der Waals surface area contributed by atoms with Crippen LogP contribution in [0.5, 0.6) is 5.75 Å². The first kappa shape index (κ1) is 26.3. The van der Waals surface area contributed by atoms with E-state index < -0.39 is 0 Å². The summed E-state index contributed by atoms with van der Waals surface area (Å²) < 4.78 is 5.77. The first-order chi connectivity index (χ1) is 16.2. The normalized spacial score (nSPS) is 25.6. The predicted octanol–water partition coefficient (Wildman–Crippen LogP) is 9.30. The molecule has 0 heterocycles. The second-order valence-corrected chi connectivity index (χ2v) is 11.1. The Hall–Kier alpha value is -1.31. The predicted molar refractivity (Wildman–Crippen MR) is 140 cm³/mol. The highest BCUT2D eigenvalue weighted by molar-refractivity contribution is 5.75. The third-order valence-corrected chi connectivity index (χ3v) is 8.59. The Bertz CT molecular complexity index is 648. The van der Waals surface area contributed by atoms with Gasteiger partial charge in [0, 0.05) is 0 Å². The van der Waals surface area contributed by atoms with Crippen LogP contribution in [-0.2, 0) is 11.2 Å². The molecular weight excluding hydrogens is 404 g/mol. The van der Waals surface area contributed by atoms with Gasteiger partial charge in [0.25, 0.3) is 0 Å². The van der Waals surface area contributed by atoms with Gasteiger partial charge in [0.1, 0.15) is 5.75 Å². The maximum absolute atomic E-state index is 12.8. The summed E-state index contributed by atoms with van der Waals surface area (Å²) in [6, 6.07) is 8.25. The van der Waals surface area contributed by atoms with Crippen LogP contribution in [0.4, 0.5) is 0 Å². The molecule has 0 aromatic heterocycles. The van der Waals surface area contributed by atoms with Crippen molar-refractivity contribution in [1.82, 2.24) is 0 Å². The fraction of sp³-hybridized carbons (Fsp3) is 0.774. The fourth-order valence-corrected chi connectivity index (χ4v) is 6.31. The van der Waals surface area contributed by atoms with Crippen molar-refractivity contribution in [3.05, 3.63) is 29.8 Å². The fourth-order valence-electron chi connectivity index (χ4n) is 6.31. The van der Waals surface area contributed by atoms with E-state index in [2.05, 4.69) is 26.0 Å². The van der Waals surface area contributed by atoms with Crippen molar-refractivity contribution < 1.29 is 9.53 Å². The molecule has 0 aliphatic heterocycles. The zero-order valence-electron chi connectivity index (χ0n) is 21.7. The van der Waals surface area contributed by atoms with Gasteiger partial charge in [-0.25, -0.2) is 0 Å². The van der Waals surface area contributed by atoms with E-state index in [0.717, 1.165) is 42.8 Å². The molecule has 2 saturated carbocycles. The van der Waals surface area contributed by atoms with E-state index in [4.69, 9.17) is 4.74 Å². The van der Waals surface area contributed by atoms with Crippen LogP contribution < -0.4 is 4.74 Å². The molecule has 2 aliphatic rings. The summed E-state index contributed by atoms with van der Waals surface area (Å²) in [7, 11) is 0. The molecule has 0 spiro atoms. The number of aryl methyl sites for hydroxylation is 1. The standard InChI is InChI=1S/C31H50O2/c1-3-5-7-8-10-12-26-15-23-30(24-16-26)33-31(32)29-21-19-28(20-22-29)27-17-13-25(14-18-27)11-9-6-4-2/h15-16,23-25,27-29H,3-14,17-22H2,1-2H3. The Labute approximate surface area is 204 Å². The lowest BCUT2D eigenvalue weighted by Gasteiger charge is -2.37. The zero-order valence-corrected chi connectivity index (χ0v) is 21.7. The van der Waals surface area contributed by atoms with E-state index >= 15 is 0 Å². The molecule has 2 aliphatic carbocycles. The van der Waals surface area contributed by atoms with Crippen LogP contribution in [0.2, 0.25) is 0 Å². The molecule has 0 bridgehead atoms. The molecule has 0 radical (unpaired) electrons. The Kier molecular flexibility index (Phi) is 11.8. The minimum Gasteiger partial charge on any atom is -0.426 e. The number of benzene rings is 1. The summed E-state index contributed by atoms with van der Waals surface area (Å²) in [5.74, 6) is 3.58. The van der Waals surface area contributed by atoms with Gasteiger partial charge in [-0.1, -0.05) is 90.2 Å². The number of carbonyl (C=O) groups excluding carboxylic acids is 1. The van der Waals surface area contributed by atoms with E-state index in [1.54, 1.807) is 0 Å². The zero-order chi connectivity index (χ0) is 23.3. The largest absolute Gasteiger partial charge is 0.426 e. The molecule has 1 aromatic rings. The third-order valence-electron chi connectivity index (χ3n) is 8.59. The quantitative estimate of drug-likeness (QED) is 0.169. The SMILES string of the molecule is CCCCCCCc1ccc(OC(=O)C2CCC(C3CCC(CCCCC)CC3)CC2)cc1. The highest BCUT2D eigenvalue weighted by Gasteiger charge is 2.33. The molecule has 0 unspecified atom stereocenters. The molecule has 1 aromatic carbocycles. The number of hydrogen-bond donors (Lipinski definition) is 0. The van der Waals surface area contributed by atoms with Gasteiger partial charge in [-0.2, -0.15) is 0 Å². The lowest BCUT2D eigenvalue weighted by atomic mass is 9.68. The van der Waals surface area contributed by atoms with Gasteiger partial charge in [-0.05, 0) is 86.8 Å². The van der Waals surface area contributed by atoms with Crippen LogP contribution in [0, 0.1) is 23.7 Å². The Morgan fingerprint density at radius 3 is 1.94 bits per heavy atom. The topological polar surface area (TPSA) is 26.3 Å². The monoisotopic (exact) mass is 454 g/mol. The van der Waals surface area contributed by atoms with E-state index in [0.29, 0.717) is 0 Å². The highest BCUT2D eigenvalue weighted by Crippen LogP contribution is 2.42. The lowest BCUT2D eigenvalue weighted by molar-refractivity contribution is -0.140.